The van der Waals surface area contributed by atoms with E-state index in [1.165, 1.54) is 0 Å². The van der Waals surface area contributed by atoms with E-state index in [0.717, 1.165) is 29.2 Å². The molecule has 1 N–H and O–H groups in total. The van der Waals surface area contributed by atoms with Crippen molar-refractivity contribution in [3.63, 3.8) is 0 Å². The minimum atomic E-state index is 0.830. The van der Waals surface area contributed by atoms with Gasteiger partial charge in [0.2, 0.25) is 0 Å². The van der Waals surface area contributed by atoms with Gasteiger partial charge < -0.3 is 5.32 Å². The van der Waals surface area contributed by atoms with E-state index in [1.807, 2.05) is 19.1 Å². The fraction of sp³-hybridized carbons (Fsp3) is 0.400. The van der Waals surface area contributed by atoms with E-state index in [0.29, 0.717) is 0 Å². The van der Waals surface area contributed by atoms with Crippen LogP contribution in [0.15, 0.2) is 18.2 Å². The first-order chi connectivity index (χ1) is 5.75. The average Bonchev–Trinajstić information content (AvgIpc) is 2.08. The number of rotatable bonds is 3. The lowest BCUT2D eigenvalue weighted by Crippen LogP contribution is -2.01. The molecule has 1 nitrogen and oxygen atoms in total. The van der Waals surface area contributed by atoms with Crippen LogP contribution >= 0.6 is 11.6 Å². The van der Waals surface area contributed by atoms with E-state index in [1.54, 1.807) is 0 Å². The van der Waals surface area contributed by atoms with E-state index in [2.05, 4.69) is 18.3 Å². The third-order valence-electron chi connectivity index (χ3n) is 1.83. The topological polar surface area (TPSA) is 12.0 Å². The lowest BCUT2D eigenvalue weighted by atomic mass is 10.2. The molecule has 0 aliphatic heterocycles. The van der Waals surface area contributed by atoms with E-state index in [-0.39, 0.29) is 0 Å². The number of benzene rings is 1. The van der Waals surface area contributed by atoms with Crippen LogP contribution in [-0.2, 0) is 0 Å². The molecule has 0 radical (unpaired) electrons. The van der Waals surface area contributed by atoms with Gasteiger partial charge in [0.15, 0.2) is 0 Å². The summed E-state index contributed by atoms with van der Waals surface area (Å²) in [5.41, 5.74) is 2.27. The van der Waals surface area contributed by atoms with Crippen molar-refractivity contribution in [1.82, 2.24) is 0 Å². The molecule has 0 saturated carbocycles. The predicted molar refractivity (Wildman–Crippen MR) is 55.0 cm³/mol. The highest BCUT2D eigenvalue weighted by Crippen LogP contribution is 2.22. The first kappa shape index (κ1) is 9.40. The molecule has 0 heterocycles. The maximum atomic E-state index is 5.95. The second-order valence-corrected chi connectivity index (χ2v) is 3.25. The van der Waals surface area contributed by atoms with Gasteiger partial charge in [-0.3, -0.25) is 0 Å². The summed E-state index contributed by atoms with van der Waals surface area (Å²) in [6, 6.07) is 5.93. The van der Waals surface area contributed by atoms with Crippen molar-refractivity contribution < 1.29 is 0 Å². The first-order valence-electron chi connectivity index (χ1n) is 4.24. The Labute approximate surface area is 78.7 Å². The minimum Gasteiger partial charge on any atom is -0.385 e. The van der Waals surface area contributed by atoms with E-state index >= 15 is 0 Å². The van der Waals surface area contributed by atoms with Crippen LogP contribution in [0.1, 0.15) is 18.9 Å². The zero-order valence-electron chi connectivity index (χ0n) is 7.52. The van der Waals surface area contributed by atoms with Gasteiger partial charge in [-0.05, 0) is 31.0 Å². The van der Waals surface area contributed by atoms with Crippen LogP contribution in [0, 0.1) is 6.92 Å². The SMILES string of the molecule is CCCNc1cccc(Cl)c1C. The van der Waals surface area contributed by atoms with Gasteiger partial charge in [0.05, 0.1) is 0 Å². The van der Waals surface area contributed by atoms with Crippen LogP contribution in [0.2, 0.25) is 5.02 Å². The lowest BCUT2D eigenvalue weighted by Gasteiger charge is -2.08. The molecule has 0 unspecified atom stereocenters. The van der Waals surface area contributed by atoms with Crippen molar-refractivity contribution in [3.8, 4) is 0 Å². The van der Waals surface area contributed by atoms with Crippen molar-refractivity contribution in [2.45, 2.75) is 20.3 Å². The molecule has 12 heavy (non-hydrogen) atoms. The maximum Gasteiger partial charge on any atom is 0.0455 e. The molecule has 0 bridgehead atoms. The van der Waals surface area contributed by atoms with Crippen molar-refractivity contribution in [2.75, 3.05) is 11.9 Å². The summed E-state index contributed by atoms with van der Waals surface area (Å²) in [5, 5.41) is 4.15. The molecule has 0 saturated heterocycles. The highest BCUT2D eigenvalue weighted by molar-refractivity contribution is 6.31. The predicted octanol–water partition coefficient (Wildman–Crippen LogP) is 3.47. The second kappa shape index (κ2) is 4.36. The first-order valence-corrected chi connectivity index (χ1v) is 4.62. The third-order valence-corrected chi connectivity index (χ3v) is 2.24. The highest BCUT2D eigenvalue weighted by Gasteiger charge is 1.99. The molecule has 2 heteroatoms. The largest absolute Gasteiger partial charge is 0.385 e. The van der Waals surface area contributed by atoms with Crippen molar-refractivity contribution in [3.05, 3.63) is 28.8 Å². The Morgan fingerprint density at radius 2 is 2.17 bits per heavy atom. The van der Waals surface area contributed by atoms with Crippen molar-refractivity contribution in [2.24, 2.45) is 0 Å². The summed E-state index contributed by atoms with van der Waals surface area (Å²) >= 11 is 5.95. The summed E-state index contributed by atoms with van der Waals surface area (Å²) in [6.07, 6.45) is 1.13. The normalized spacial score (nSPS) is 9.92. The van der Waals surface area contributed by atoms with Gasteiger partial charge in [0.25, 0.3) is 0 Å². The van der Waals surface area contributed by atoms with Crippen LogP contribution in [-0.4, -0.2) is 6.54 Å². The Balaban J connectivity index is 2.78. The summed E-state index contributed by atoms with van der Waals surface area (Å²) in [5.74, 6) is 0. The van der Waals surface area contributed by atoms with Crippen LogP contribution in [0.4, 0.5) is 5.69 Å². The van der Waals surface area contributed by atoms with Crippen LogP contribution in [0.25, 0.3) is 0 Å². The molecule has 1 rings (SSSR count). The van der Waals surface area contributed by atoms with Gasteiger partial charge in [0, 0.05) is 17.3 Å². The Bertz CT molecular complexity index is 258. The van der Waals surface area contributed by atoms with Gasteiger partial charge in [-0.1, -0.05) is 24.6 Å². The third kappa shape index (κ3) is 2.15. The smallest absolute Gasteiger partial charge is 0.0455 e. The van der Waals surface area contributed by atoms with Gasteiger partial charge in [-0.25, -0.2) is 0 Å². The fourth-order valence-corrected chi connectivity index (χ4v) is 1.23. The molecule has 1 aromatic carbocycles. The molecule has 0 spiro atoms. The van der Waals surface area contributed by atoms with Crippen LogP contribution in [0.3, 0.4) is 0 Å². The zero-order chi connectivity index (χ0) is 8.97. The molecule has 0 amide bonds. The molecule has 0 aliphatic rings. The Hall–Kier alpha value is -0.690. The second-order valence-electron chi connectivity index (χ2n) is 2.84. The van der Waals surface area contributed by atoms with Crippen molar-refractivity contribution in [1.29, 1.82) is 0 Å². The standard InChI is InChI=1S/C10H14ClN/c1-3-7-12-10-6-4-5-9(11)8(10)2/h4-6,12H,3,7H2,1-2H3. The lowest BCUT2D eigenvalue weighted by molar-refractivity contribution is 0.977. The Morgan fingerprint density at radius 1 is 1.42 bits per heavy atom. The fourth-order valence-electron chi connectivity index (χ4n) is 1.06. The molecule has 0 fully saturated rings. The number of hydrogen-bond acceptors (Lipinski definition) is 1. The van der Waals surface area contributed by atoms with E-state index in [4.69, 9.17) is 11.6 Å². The number of halogens is 1. The van der Waals surface area contributed by atoms with E-state index in [9.17, 15) is 0 Å². The van der Waals surface area contributed by atoms with Gasteiger partial charge >= 0.3 is 0 Å². The molecule has 0 aromatic heterocycles. The summed E-state index contributed by atoms with van der Waals surface area (Å²) < 4.78 is 0. The summed E-state index contributed by atoms with van der Waals surface area (Å²) in [6.45, 7) is 5.17. The van der Waals surface area contributed by atoms with Gasteiger partial charge in [-0.15, -0.1) is 0 Å². The summed E-state index contributed by atoms with van der Waals surface area (Å²) in [4.78, 5) is 0. The summed E-state index contributed by atoms with van der Waals surface area (Å²) in [7, 11) is 0. The molecular formula is C10H14ClN. The number of anilines is 1. The average molecular weight is 184 g/mol. The number of nitrogens with one attached hydrogen (secondary N) is 1. The monoisotopic (exact) mass is 183 g/mol. The molecule has 0 aliphatic carbocycles. The Kier molecular flexibility index (Phi) is 3.42. The molecule has 66 valence electrons. The van der Waals surface area contributed by atoms with E-state index < -0.39 is 0 Å². The highest BCUT2D eigenvalue weighted by atomic mass is 35.5. The minimum absolute atomic E-state index is 0.830. The van der Waals surface area contributed by atoms with Crippen LogP contribution in [0.5, 0.6) is 0 Å². The zero-order valence-corrected chi connectivity index (χ0v) is 8.28. The number of hydrogen-bond donors (Lipinski definition) is 1. The van der Waals surface area contributed by atoms with Crippen LogP contribution < -0.4 is 5.32 Å². The Morgan fingerprint density at radius 3 is 2.83 bits per heavy atom. The maximum absolute atomic E-state index is 5.95. The van der Waals surface area contributed by atoms with Gasteiger partial charge in [0.1, 0.15) is 0 Å². The molecule has 1 aromatic rings. The molecular weight excluding hydrogens is 170 g/mol. The van der Waals surface area contributed by atoms with Crippen molar-refractivity contribution >= 4 is 17.3 Å². The quantitative estimate of drug-likeness (QED) is 0.757. The molecule has 0 atom stereocenters. The van der Waals surface area contributed by atoms with Gasteiger partial charge in [-0.2, -0.15) is 0 Å².